The smallest absolute Gasteiger partial charge is 0.263 e. The van der Waals surface area contributed by atoms with Gasteiger partial charge in [0.05, 0.1) is 5.69 Å². The molecular weight excluding hydrogens is 360 g/mol. The number of anilines is 1. The van der Waals surface area contributed by atoms with Gasteiger partial charge in [0, 0.05) is 20.8 Å². The van der Waals surface area contributed by atoms with Crippen LogP contribution < -0.4 is 10.5 Å². The van der Waals surface area contributed by atoms with E-state index >= 15 is 0 Å². The molecule has 2 aromatic rings. The van der Waals surface area contributed by atoms with E-state index in [-0.39, 0.29) is 0 Å². The SMILES string of the molecule is Cc1cc(Br)ccc1NS(=O)(=O)c1cc(CN)sc1C. The van der Waals surface area contributed by atoms with Crippen molar-refractivity contribution in [2.24, 2.45) is 5.73 Å². The van der Waals surface area contributed by atoms with Gasteiger partial charge in [0.15, 0.2) is 0 Å². The van der Waals surface area contributed by atoms with Gasteiger partial charge >= 0.3 is 0 Å². The number of halogens is 1. The van der Waals surface area contributed by atoms with E-state index in [1.54, 1.807) is 25.1 Å². The van der Waals surface area contributed by atoms with Crippen LogP contribution in [0.4, 0.5) is 5.69 Å². The summed E-state index contributed by atoms with van der Waals surface area (Å²) >= 11 is 4.76. The Morgan fingerprint density at radius 3 is 2.55 bits per heavy atom. The van der Waals surface area contributed by atoms with Crippen LogP contribution in [0.15, 0.2) is 33.6 Å². The molecule has 0 aliphatic rings. The summed E-state index contributed by atoms with van der Waals surface area (Å²) in [7, 11) is -3.58. The highest BCUT2D eigenvalue weighted by Crippen LogP contribution is 2.28. The van der Waals surface area contributed by atoms with Gasteiger partial charge in [-0.05, 0) is 43.7 Å². The Balaban J connectivity index is 2.38. The number of benzene rings is 1. The molecule has 3 N–H and O–H groups in total. The lowest BCUT2D eigenvalue weighted by Crippen LogP contribution is -2.14. The lowest BCUT2D eigenvalue weighted by Gasteiger charge is -2.10. The molecule has 0 aliphatic heterocycles. The maximum Gasteiger partial charge on any atom is 0.263 e. The molecule has 4 nitrogen and oxygen atoms in total. The quantitative estimate of drug-likeness (QED) is 0.861. The van der Waals surface area contributed by atoms with E-state index in [2.05, 4.69) is 20.7 Å². The van der Waals surface area contributed by atoms with Crippen LogP contribution in [0.1, 0.15) is 15.3 Å². The molecule has 0 fully saturated rings. The zero-order valence-electron chi connectivity index (χ0n) is 11.1. The van der Waals surface area contributed by atoms with Gasteiger partial charge in [0.25, 0.3) is 10.0 Å². The number of thiophene rings is 1. The van der Waals surface area contributed by atoms with Crippen molar-refractivity contribution in [3.05, 3.63) is 44.1 Å². The van der Waals surface area contributed by atoms with E-state index in [4.69, 9.17) is 5.73 Å². The van der Waals surface area contributed by atoms with Crippen molar-refractivity contribution in [2.45, 2.75) is 25.3 Å². The van der Waals surface area contributed by atoms with Crippen LogP contribution >= 0.6 is 27.3 Å². The molecule has 1 heterocycles. The van der Waals surface area contributed by atoms with Crippen molar-refractivity contribution in [1.29, 1.82) is 0 Å². The summed E-state index contributed by atoms with van der Waals surface area (Å²) in [5.41, 5.74) is 6.99. The van der Waals surface area contributed by atoms with Crippen molar-refractivity contribution >= 4 is 43.0 Å². The predicted molar refractivity (Wildman–Crippen MR) is 86.6 cm³/mol. The fourth-order valence-electron chi connectivity index (χ4n) is 1.83. The summed E-state index contributed by atoms with van der Waals surface area (Å²) in [5, 5.41) is 0. The molecule has 1 aromatic heterocycles. The highest BCUT2D eigenvalue weighted by Gasteiger charge is 2.20. The Morgan fingerprint density at radius 1 is 1.30 bits per heavy atom. The standard InChI is InChI=1S/C13H15BrN2O2S2/c1-8-5-10(14)3-4-12(8)16-20(17,18)13-6-11(7-15)19-9(13)2/h3-6,16H,7,15H2,1-2H3. The second-order valence-corrected chi connectivity index (χ2v) is 8.31. The number of sulfonamides is 1. The summed E-state index contributed by atoms with van der Waals surface area (Å²) in [6.07, 6.45) is 0. The van der Waals surface area contributed by atoms with Crippen LogP contribution in [0.3, 0.4) is 0 Å². The van der Waals surface area contributed by atoms with Crippen LogP contribution in [-0.2, 0) is 16.6 Å². The second kappa shape index (κ2) is 5.85. The summed E-state index contributed by atoms with van der Waals surface area (Å²) < 4.78 is 28.4. The normalized spacial score (nSPS) is 11.6. The fraction of sp³-hybridized carbons (Fsp3) is 0.231. The number of aryl methyl sites for hydroxylation is 2. The van der Waals surface area contributed by atoms with Crippen LogP contribution in [0.2, 0.25) is 0 Å². The highest BCUT2D eigenvalue weighted by molar-refractivity contribution is 9.10. The van der Waals surface area contributed by atoms with Gasteiger partial charge < -0.3 is 5.73 Å². The minimum Gasteiger partial charge on any atom is -0.326 e. The minimum atomic E-state index is -3.58. The van der Waals surface area contributed by atoms with Gasteiger partial charge in [0.1, 0.15) is 4.90 Å². The first kappa shape index (κ1) is 15.5. The molecule has 20 heavy (non-hydrogen) atoms. The lowest BCUT2D eigenvalue weighted by molar-refractivity contribution is 0.601. The summed E-state index contributed by atoms with van der Waals surface area (Å²) in [5.74, 6) is 0. The van der Waals surface area contributed by atoms with E-state index < -0.39 is 10.0 Å². The molecule has 1 aromatic carbocycles. The van der Waals surface area contributed by atoms with E-state index in [0.29, 0.717) is 17.1 Å². The first-order valence-electron chi connectivity index (χ1n) is 5.92. The maximum absolute atomic E-state index is 12.4. The van der Waals surface area contributed by atoms with Gasteiger partial charge in [-0.25, -0.2) is 8.42 Å². The Hall–Kier alpha value is -0.890. The molecule has 0 unspecified atom stereocenters. The van der Waals surface area contributed by atoms with E-state index in [1.807, 2.05) is 13.0 Å². The van der Waals surface area contributed by atoms with E-state index in [1.165, 1.54) is 11.3 Å². The maximum atomic E-state index is 12.4. The molecule has 108 valence electrons. The van der Waals surface area contributed by atoms with Crippen LogP contribution in [0, 0.1) is 13.8 Å². The zero-order valence-corrected chi connectivity index (χ0v) is 14.3. The Bertz CT molecular complexity index is 739. The van der Waals surface area contributed by atoms with Crippen molar-refractivity contribution in [2.75, 3.05) is 4.72 Å². The molecule has 0 aliphatic carbocycles. The lowest BCUT2D eigenvalue weighted by atomic mass is 10.2. The van der Waals surface area contributed by atoms with Gasteiger partial charge in [-0.15, -0.1) is 11.3 Å². The van der Waals surface area contributed by atoms with Crippen LogP contribution in [-0.4, -0.2) is 8.42 Å². The van der Waals surface area contributed by atoms with Crippen molar-refractivity contribution < 1.29 is 8.42 Å². The van der Waals surface area contributed by atoms with E-state index in [9.17, 15) is 8.42 Å². The minimum absolute atomic E-state index is 0.297. The molecule has 0 amide bonds. The fourth-order valence-corrected chi connectivity index (χ4v) is 4.95. The van der Waals surface area contributed by atoms with E-state index in [0.717, 1.165) is 19.8 Å². The molecule has 0 saturated heterocycles. The number of nitrogens with one attached hydrogen (secondary N) is 1. The molecule has 0 bridgehead atoms. The summed E-state index contributed by atoms with van der Waals surface area (Å²) in [6, 6.07) is 7.04. The zero-order chi connectivity index (χ0) is 14.9. The predicted octanol–water partition coefficient (Wildman–Crippen LogP) is 3.39. The summed E-state index contributed by atoms with van der Waals surface area (Å²) in [6.45, 7) is 3.99. The number of hydrogen-bond donors (Lipinski definition) is 2. The topological polar surface area (TPSA) is 72.2 Å². The Morgan fingerprint density at radius 2 is 2.00 bits per heavy atom. The molecule has 7 heteroatoms. The monoisotopic (exact) mass is 374 g/mol. The molecular formula is C13H15BrN2O2S2. The third kappa shape index (κ3) is 3.22. The number of nitrogens with two attached hydrogens (primary N) is 1. The first-order chi connectivity index (χ1) is 9.33. The Kier molecular flexibility index (Phi) is 4.53. The molecule has 0 spiro atoms. The average Bonchev–Trinajstić information content (AvgIpc) is 2.75. The average molecular weight is 375 g/mol. The van der Waals surface area contributed by atoms with Gasteiger partial charge in [-0.3, -0.25) is 4.72 Å². The first-order valence-corrected chi connectivity index (χ1v) is 9.01. The molecule has 0 radical (unpaired) electrons. The number of rotatable bonds is 4. The molecule has 2 rings (SSSR count). The third-order valence-electron chi connectivity index (χ3n) is 2.85. The third-order valence-corrected chi connectivity index (χ3v) is 6.03. The van der Waals surface area contributed by atoms with Crippen molar-refractivity contribution in [3.8, 4) is 0 Å². The van der Waals surface area contributed by atoms with Crippen LogP contribution in [0.25, 0.3) is 0 Å². The van der Waals surface area contributed by atoms with Crippen LogP contribution in [0.5, 0.6) is 0 Å². The van der Waals surface area contributed by atoms with Gasteiger partial charge in [-0.2, -0.15) is 0 Å². The Labute approximate surface area is 131 Å². The second-order valence-electron chi connectivity index (χ2n) is 4.40. The summed E-state index contributed by atoms with van der Waals surface area (Å²) in [4.78, 5) is 1.90. The largest absolute Gasteiger partial charge is 0.326 e. The van der Waals surface area contributed by atoms with Crippen molar-refractivity contribution in [3.63, 3.8) is 0 Å². The molecule has 0 saturated carbocycles. The van der Waals surface area contributed by atoms with Gasteiger partial charge in [0.2, 0.25) is 0 Å². The van der Waals surface area contributed by atoms with Gasteiger partial charge in [-0.1, -0.05) is 15.9 Å². The highest BCUT2D eigenvalue weighted by atomic mass is 79.9. The van der Waals surface area contributed by atoms with Crippen molar-refractivity contribution in [1.82, 2.24) is 0 Å². The molecule has 0 atom stereocenters. The number of hydrogen-bond acceptors (Lipinski definition) is 4.